The number of ether oxygens (including phenoxy) is 1. The standard InChI is InChI=1S/C32H37N7O5S/c1-2-3-19-44-28-18-15-26(20-29(28)45(42)43)35-32(41)39(27-16-13-24(14-17-27)23-7-5-4-6-8-23)21-22-9-11-25(12-10-22)30(40)36-31(33)37-38-34/h3,9-20,23H,2,4-8,21H2,1H3,(H,35,41)(H,42,43)(H4,33,34,36,37,40)/b19-3+. The van der Waals surface area contributed by atoms with Gasteiger partial charge < -0.3 is 20.3 Å². The molecule has 0 aromatic heterocycles. The molecule has 0 bridgehead atoms. The van der Waals surface area contributed by atoms with E-state index in [1.165, 1.54) is 43.2 Å². The van der Waals surface area contributed by atoms with Gasteiger partial charge in [-0.2, -0.15) is 5.53 Å². The van der Waals surface area contributed by atoms with E-state index in [0.717, 1.165) is 24.8 Å². The topological polar surface area (TPSA) is 183 Å². The molecule has 1 saturated carbocycles. The van der Waals surface area contributed by atoms with Crippen LogP contribution in [-0.4, -0.2) is 26.7 Å². The molecule has 4 rings (SSSR count). The SMILES string of the molecule is CC/C=C/Oc1ccc(NC(=O)N(Cc2ccc(C(=O)NC(N)=NN=N)cc2)c2ccc(C3CCCCC3)cc2)cc1S(=O)O. The van der Waals surface area contributed by atoms with Gasteiger partial charge in [0.05, 0.1) is 12.8 Å². The van der Waals surface area contributed by atoms with Gasteiger partial charge in [-0.3, -0.25) is 15.0 Å². The smallest absolute Gasteiger partial charge is 0.326 e. The van der Waals surface area contributed by atoms with E-state index in [0.29, 0.717) is 22.9 Å². The van der Waals surface area contributed by atoms with Crippen LogP contribution in [0.25, 0.3) is 0 Å². The summed E-state index contributed by atoms with van der Waals surface area (Å²) in [6, 6.07) is 18.7. The second-order valence-electron chi connectivity index (χ2n) is 10.5. The number of benzene rings is 3. The predicted octanol–water partition coefficient (Wildman–Crippen LogP) is 6.85. The molecule has 6 N–H and O–H groups in total. The van der Waals surface area contributed by atoms with Gasteiger partial charge in [-0.25, -0.2) is 9.00 Å². The normalized spacial score (nSPS) is 14.5. The summed E-state index contributed by atoms with van der Waals surface area (Å²) in [6.45, 7) is 2.11. The van der Waals surface area contributed by atoms with Crippen LogP contribution < -0.4 is 26.0 Å². The molecule has 1 aliphatic carbocycles. The van der Waals surface area contributed by atoms with Gasteiger partial charge in [-0.15, -0.1) is 0 Å². The molecule has 1 atom stereocenters. The van der Waals surface area contributed by atoms with Crippen LogP contribution in [0, 0.1) is 5.53 Å². The number of anilines is 2. The number of allylic oxidation sites excluding steroid dienone is 1. The maximum Gasteiger partial charge on any atom is 0.326 e. The van der Waals surface area contributed by atoms with E-state index in [1.807, 2.05) is 19.1 Å². The third-order valence-corrected chi connectivity index (χ3v) is 8.09. The zero-order chi connectivity index (χ0) is 32.2. The highest BCUT2D eigenvalue weighted by Gasteiger charge is 2.21. The lowest BCUT2D eigenvalue weighted by Gasteiger charge is -2.26. The Hall–Kier alpha value is -4.88. The van der Waals surface area contributed by atoms with E-state index in [4.69, 9.17) is 16.0 Å². The Labute approximate surface area is 264 Å². The maximum absolute atomic E-state index is 13.8. The molecule has 0 spiro atoms. The molecule has 12 nitrogen and oxygen atoms in total. The molecule has 0 saturated heterocycles. The van der Waals surface area contributed by atoms with Crippen LogP contribution in [0.15, 0.2) is 94.3 Å². The highest BCUT2D eigenvalue weighted by atomic mass is 32.2. The third-order valence-electron chi connectivity index (χ3n) is 7.39. The monoisotopic (exact) mass is 631 g/mol. The highest BCUT2D eigenvalue weighted by Crippen LogP contribution is 2.34. The number of nitrogens with zero attached hydrogens (tertiary/aromatic N) is 3. The fourth-order valence-electron chi connectivity index (χ4n) is 5.08. The number of nitrogens with two attached hydrogens (primary N) is 1. The Morgan fingerprint density at radius 3 is 2.44 bits per heavy atom. The number of hydrogen-bond donors (Lipinski definition) is 5. The lowest BCUT2D eigenvalue weighted by Crippen LogP contribution is -2.36. The number of carbonyl (C=O) groups is 2. The average molecular weight is 632 g/mol. The van der Waals surface area contributed by atoms with E-state index >= 15 is 0 Å². The molecule has 45 heavy (non-hydrogen) atoms. The second kappa shape index (κ2) is 16.3. The summed E-state index contributed by atoms with van der Waals surface area (Å²) in [7, 11) is 0. The molecular formula is C32H37N7O5S. The van der Waals surface area contributed by atoms with Crippen LogP contribution in [0.2, 0.25) is 0 Å². The van der Waals surface area contributed by atoms with Crippen LogP contribution in [-0.2, 0) is 17.6 Å². The van der Waals surface area contributed by atoms with Crippen molar-refractivity contribution in [3.63, 3.8) is 0 Å². The number of hydrogen-bond acceptors (Lipinski definition) is 6. The van der Waals surface area contributed by atoms with Crippen molar-refractivity contribution >= 4 is 40.4 Å². The van der Waals surface area contributed by atoms with Gasteiger partial charge >= 0.3 is 6.03 Å². The van der Waals surface area contributed by atoms with Crippen molar-refractivity contribution in [2.24, 2.45) is 16.1 Å². The first-order valence-corrected chi connectivity index (χ1v) is 15.7. The Morgan fingerprint density at radius 2 is 1.80 bits per heavy atom. The van der Waals surface area contributed by atoms with Gasteiger partial charge in [0.1, 0.15) is 10.6 Å². The Bertz CT molecular complexity index is 1570. The van der Waals surface area contributed by atoms with Crippen molar-refractivity contribution < 1.29 is 23.1 Å². The number of urea groups is 1. The molecule has 3 amide bonds. The molecule has 1 fully saturated rings. The fourth-order valence-corrected chi connectivity index (χ4v) is 5.60. The summed E-state index contributed by atoms with van der Waals surface area (Å²) >= 11 is -2.35. The maximum atomic E-state index is 13.8. The summed E-state index contributed by atoms with van der Waals surface area (Å²) in [6.07, 6.45) is 9.97. The predicted molar refractivity (Wildman–Crippen MR) is 174 cm³/mol. The number of guanidine groups is 1. The van der Waals surface area contributed by atoms with Gasteiger partial charge in [0, 0.05) is 16.9 Å². The first-order valence-electron chi connectivity index (χ1n) is 14.6. The van der Waals surface area contributed by atoms with Crippen molar-refractivity contribution in [2.75, 3.05) is 10.2 Å². The van der Waals surface area contributed by atoms with Gasteiger partial charge in [0.2, 0.25) is 5.96 Å². The van der Waals surface area contributed by atoms with E-state index in [1.54, 1.807) is 41.3 Å². The summed E-state index contributed by atoms with van der Waals surface area (Å²) in [5, 5.41) is 11.2. The van der Waals surface area contributed by atoms with Crippen LogP contribution in [0.5, 0.6) is 5.75 Å². The Kier molecular flexibility index (Phi) is 11.9. The zero-order valence-electron chi connectivity index (χ0n) is 24.9. The third kappa shape index (κ3) is 9.30. The minimum absolute atomic E-state index is 0.0212. The van der Waals surface area contributed by atoms with E-state index in [2.05, 4.69) is 33.1 Å². The lowest BCUT2D eigenvalue weighted by molar-refractivity contribution is 0.0976. The fraction of sp³-hybridized carbons (Fsp3) is 0.281. The summed E-state index contributed by atoms with van der Waals surface area (Å²) in [5.74, 6) is -0.105. The molecular weight excluding hydrogens is 594 g/mol. The number of nitrogens with one attached hydrogen (secondary N) is 3. The van der Waals surface area contributed by atoms with Crippen molar-refractivity contribution in [1.29, 1.82) is 5.53 Å². The number of rotatable bonds is 11. The molecule has 1 aliphatic rings. The molecule has 1 unspecified atom stereocenters. The van der Waals surface area contributed by atoms with Crippen LogP contribution in [0.4, 0.5) is 16.2 Å². The minimum Gasteiger partial charge on any atom is -0.464 e. The molecule has 236 valence electrons. The van der Waals surface area contributed by atoms with Crippen LogP contribution in [0.3, 0.4) is 0 Å². The minimum atomic E-state index is -2.35. The van der Waals surface area contributed by atoms with Gasteiger partial charge in [0.15, 0.2) is 11.1 Å². The first kappa shape index (κ1) is 33.0. The second-order valence-corrected chi connectivity index (χ2v) is 11.4. The largest absolute Gasteiger partial charge is 0.464 e. The lowest BCUT2D eigenvalue weighted by atomic mass is 9.84. The Balaban J connectivity index is 1.58. The molecule has 3 aromatic carbocycles. The van der Waals surface area contributed by atoms with E-state index < -0.39 is 23.0 Å². The molecule has 0 aliphatic heterocycles. The molecule has 0 radical (unpaired) electrons. The molecule has 13 heteroatoms. The quantitative estimate of drug-likeness (QED) is 0.0385. The van der Waals surface area contributed by atoms with Crippen LogP contribution >= 0.6 is 0 Å². The van der Waals surface area contributed by atoms with E-state index in [9.17, 15) is 18.4 Å². The molecule has 3 aromatic rings. The van der Waals surface area contributed by atoms with Crippen molar-refractivity contribution in [3.8, 4) is 5.75 Å². The van der Waals surface area contributed by atoms with Crippen molar-refractivity contribution in [1.82, 2.24) is 5.32 Å². The van der Waals surface area contributed by atoms with Gasteiger partial charge in [-0.05, 0) is 90.1 Å². The van der Waals surface area contributed by atoms with Gasteiger partial charge in [-0.1, -0.05) is 55.6 Å². The Morgan fingerprint density at radius 1 is 1.09 bits per heavy atom. The summed E-state index contributed by atoms with van der Waals surface area (Å²) in [5.41, 5.74) is 15.5. The zero-order valence-corrected chi connectivity index (χ0v) is 25.8. The average Bonchev–Trinajstić information content (AvgIpc) is 3.05. The summed E-state index contributed by atoms with van der Waals surface area (Å²) < 4.78 is 27.4. The summed E-state index contributed by atoms with van der Waals surface area (Å²) in [4.78, 5) is 27.8. The highest BCUT2D eigenvalue weighted by molar-refractivity contribution is 7.79. The van der Waals surface area contributed by atoms with Crippen molar-refractivity contribution in [2.45, 2.75) is 62.8 Å². The van der Waals surface area contributed by atoms with Crippen molar-refractivity contribution in [3.05, 3.63) is 95.8 Å². The number of carbonyl (C=O) groups excluding carboxylic acids is 2. The van der Waals surface area contributed by atoms with Crippen LogP contribution in [0.1, 0.15) is 72.9 Å². The number of amides is 3. The van der Waals surface area contributed by atoms with E-state index in [-0.39, 0.29) is 23.1 Å². The molecule has 0 heterocycles. The van der Waals surface area contributed by atoms with Gasteiger partial charge in [0.25, 0.3) is 5.91 Å². The first-order chi connectivity index (χ1) is 21.8.